The Bertz CT molecular complexity index is 1390. The number of hydrogen-bond donors (Lipinski definition) is 3. The number of anilines is 4. The van der Waals surface area contributed by atoms with Crippen LogP contribution in [0.3, 0.4) is 0 Å². The Kier molecular flexibility index (Phi) is 6.08. The lowest BCUT2D eigenvalue weighted by Crippen LogP contribution is -2.19. The molecule has 0 saturated heterocycles. The number of rotatable bonds is 5. The summed E-state index contributed by atoms with van der Waals surface area (Å²) in [5, 5.41) is 9.60. The first-order valence-corrected chi connectivity index (χ1v) is 11.5. The molecule has 4 aromatic rings. The largest absolute Gasteiger partial charge is 0.355 e. The highest BCUT2D eigenvalue weighted by Crippen LogP contribution is 2.32. The molecule has 1 aliphatic heterocycles. The van der Waals surface area contributed by atoms with Crippen LogP contribution >= 0.6 is 23.2 Å². The number of benzene rings is 2. The number of hydrogen-bond acceptors (Lipinski definition) is 6. The van der Waals surface area contributed by atoms with Crippen molar-refractivity contribution in [2.75, 3.05) is 17.7 Å². The predicted octanol–water partition coefficient (Wildman–Crippen LogP) is 5.30. The zero-order chi connectivity index (χ0) is 23.7. The molecule has 0 atom stereocenters. The molecular weight excluding hydrogens is 473 g/mol. The van der Waals surface area contributed by atoms with Crippen LogP contribution in [-0.2, 0) is 12.8 Å². The van der Waals surface area contributed by atoms with Crippen molar-refractivity contribution in [1.82, 2.24) is 24.8 Å². The lowest BCUT2D eigenvalue weighted by molar-refractivity contribution is 0.0964. The van der Waals surface area contributed by atoms with Gasteiger partial charge in [0.1, 0.15) is 10.8 Å². The van der Waals surface area contributed by atoms with E-state index in [9.17, 15) is 4.79 Å². The van der Waals surface area contributed by atoms with E-state index < -0.39 is 0 Å². The second-order valence-corrected chi connectivity index (χ2v) is 8.61. The molecule has 172 valence electrons. The SMILES string of the molecule is CNC(=O)c1cccc(Cl)c1Nc1nc(Nc2ccc3c(c2)-n2ccnc2CCC3)ncc1Cl. The molecule has 0 saturated carbocycles. The Balaban J connectivity index is 1.45. The molecular formula is C24H21Cl2N7O. The van der Waals surface area contributed by atoms with Crippen LogP contribution in [0.5, 0.6) is 0 Å². The summed E-state index contributed by atoms with van der Waals surface area (Å²) in [4.78, 5) is 25.6. The van der Waals surface area contributed by atoms with Gasteiger partial charge in [0.05, 0.1) is 28.2 Å². The minimum atomic E-state index is -0.280. The third-order valence-electron chi connectivity index (χ3n) is 5.64. The summed E-state index contributed by atoms with van der Waals surface area (Å²) in [7, 11) is 1.56. The van der Waals surface area contributed by atoms with Crippen LogP contribution in [0.4, 0.5) is 23.1 Å². The number of carbonyl (C=O) groups is 1. The van der Waals surface area contributed by atoms with E-state index in [1.807, 2.05) is 18.5 Å². The number of para-hydroxylation sites is 1. The van der Waals surface area contributed by atoms with Gasteiger partial charge in [-0.15, -0.1) is 0 Å². The van der Waals surface area contributed by atoms with E-state index >= 15 is 0 Å². The molecule has 3 heterocycles. The Labute approximate surface area is 206 Å². The van der Waals surface area contributed by atoms with Crippen LogP contribution in [0.15, 0.2) is 55.0 Å². The molecule has 2 aromatic carbocycles. The maximum Gasteiger partial charge on any atom is 0.253 e. The molecule has 1 aliphatic rings. The van der Waals surface area contributed by atoms with E-state index in [1.54, 1.807) is 25.2 Å². The molecule has 0 radical (unpaired) electrons. The fraction of sp³-hybridized carbons (Fsp3) is 0.167. The number of aryl methyl sites for hydroxylation is 2. The lowest BCUT2D eigenvalue weighted by Gasteiger charge is -2.15. The fourth-order valence-electron chi connectivity index (χ4n) is 3.99. The molecule has 1 amide bonds. The smallest absolute Gasteiger partial charge is 0.253 e. The number of carbonyl (C=O) groups excluding carboxylic acids is 1. The molecule has 2 aromatic heterocycles. The van der Waals surface area contributed by atoms with Crippen LogP contribution < -0.4 is 16.0 Å². The summed E-state index contributed by atoms with van der Waals surface area (Å²) in [6, 6.07) is 11.2. The average Bonchev–Trinajstić information content (AvgIpc) is 3.24. The third kappa shape index (κ3) is 4.30. The van der Waals surface area contributed by atoms with Gasteiger partial charge in [-0.2, -0.15) is 4.98 Å². The highest BCUT2D eigenvalue weighted by Gasteiger charge is 2.17. The van der Waals surface area contributed by atoms with Gasteiger partial charge in [-0.05, 0) is 42.7 Å². The Hall–Kier alpha value is -3.62. The number of imidazole rings is 1. The Morgan fingerprint density at radius 1 is 1.06 bits per heavy atom. The van der Waals surface area contributed by atoms with Gasteiger partial charge in [0.15, 0.2) is 5.82 Å². The van der Waals surface area contributed by atoms with Gasteiger partial charge in [-0.3, -0.25) is 4.79 Å². The van der Waals surface area contributed by atoms with Crippen molar-refractivity contribution in [1.29, 1.82) is 0 Å². The van der Waals surface area contributed by atoms with Crippen molar-refractivity contribution in [3.8, 4) is 5.69 Å². The van der Waals surface area contributed by atoms with Gasteiger partial charge >= 0.3 is 0 Å². The summed E-state index contributed by atoms with van der Waals surface area (Å²) < 4.78 is 2.13. The first-order valence-electron chi connectivity index (χ1n) is 10.8. The molecule has 10 heteroatoms. The molecule has 0 unspecified atom stereocenters. The summed E-state index contributed by atoms with van der Waals surface area (Å²) in [5.41, 5.74) is 3.97. The van der Waals surface area contributed by atoms with Gasteiger partial charge in [0.25, 0.3) is 5.91 Å². The Morgan fingerprint density at radius 2 is 1.94 bits per heavy atom. The van der Waals surface area contributed by atoms with Gasteiger partial charge in [-0.1, -0.05) is 35.3 Å². The molecule has 0 aliphatic carbocycles. The maximum absolute atomic E-state index is 12.3. The van der Waals surface area contributed by atoms with E-state index in [1.165, 1.54) is 11.8 Å². The second-order valence-electron chi connectivity index (χ2n) is 7.79. The average molecular weight is 494 g/mol. The number of aromatic nitrogens is 4. The van der Waals surface area contributed by atoms with Crippen molar-refractivity contribution in [2.45, 2.75) is 19.3 Å². The minimum Gasteiger partial charge on any atom is -0.355 e. The van der Waals surface area contributed by atoms with Crippen LogP contribution in [-0.4, -0.2) is 32.5 Å². The predicted molar refractivity (Wildman–Crippen MR) is 134 cm³/mol. The summed E-state index contributed by atoms with van der Waals surface area (Å²) in [6.07, 6.45) is 8.30. The van der Waals surface area contributed by atoms with E-state index in [0.29, 0.717) is 33.1 Å². The molecule has 0 bridgehead atoms. The van der Waals surface area contributed by atoms with E-state index in [0.717, 1.165) is 36.5 Å². The van der Waals surface area contributed by atoms with Crippen LogP contribution in [0, 0.1) is 0 Å². The topological polar surface area (TPSA) is 96.8 Å². The molecule has 3 N–H and O–H groups in total. The van der Waals surface area contributed by atoms with Gasteiger partial charge in [0.2, 0.25) is 5.95 Å². The lowest BCUT2D eigenvalue weighted by atomic mass is 10.1. The standard InChI is InChI=1S/C24H21Cl2N7O/c1-27-23(34)16-5-3-6-17(25)21(16)31-22-18(26)13-29-24(32-22)30-15-9-8-14-4-2-7-20-28-10-11-33(20)19(14)12-15/h3,5-6,8-13H,2,4,7H2,1H3,(H,27,34)(H2,29,30,31,32). The number of amides is 1. The van der Waals surface area contributed by atoms with Crippen LogP contribution in [0.2, 0.25) is 10.0 Å². The molecule has 0 spiro atoms. The number of nitrogens with one attached hydrogen (secondary N) is 3. The first kappa shape index (κ1) is 22.2. The second kappa shape index (κ2) is 9.32. The van der Waals surface area contributed by atoms with E-state index in [2.05, 4.69) is 47.6 Å². The molecule has 0 fully saturated rings. The van der Waals surface area contributed by atoms with Gasteiger partial charge in [0, 0.05) is 31.5 Å². The van der Waals surface area contributed by atoms with Gasteiger partial charge < -0.3 is 20.5 Å². The zero-order valence-corrected chi connectivity index (χ0v) is 19.8. The number of halogens is 2. The molecule has 8 nitrogen and oxygen atoms in total. The van der Waals surface area contributed by atoms with Crippen molar-refractivity contribution in [3.63, 3.8) is 0 Å². The third-order valence-corrected chi connectivity index (χ3v) is 6.23. The summed E-state index contributed by atoms with van der Waals surface area (Å²) >= 11 is 12.7. The first-order chi connectivity index (χ1) is 16.5. The maximum atomic E-state index is 12.3. The van der Waals surface area contributed by atoms with Crippen molar-refractivity contribution >= 4 is 52.3 Å². The minimum absolute atomic E-state index is 0.280. The normalized spacial score (nSPS) is 12.3. The number of fused-ring (bicyclic) bond motifs is 3. The monoisotopic (exact) mass is 493 g/mol. The molecule has 34 heavy (non-hydrogen) atoms. The highest BCUT2D eigenvalue weighted by atomic mass is 35.5. The highest BCUT2D eigenvalue weighted by molar-refractivity contribution is 6.35. The van der Waals surface area contributed by atoms with Crippen molar-refractivity contribution in [2.24, 2.45) is 0 Å². The van der Waals surface area contributed by atoms with Crippen molar-refractivity contribution < 1.29 is 4.79 Å². The van der Waals surface area contributed by atoms with Crippen LogP contribution in [0.1, 0.15) is 28.2 Å². The fourth-order valence-corrected chi connectivity index (χ4v) is 4.35. The summed E-state index contributed by atoms with van der Waals surface area (Å²) in [5.74, 6) is 1.44. The van der Waals surface area contributed by atoms with E-state index in [4.69, 9.17) is 23.2 Å². The molecule has 5 rings (SSSR count). The Morgan fingerprint density at radius 3 is 2.79 bits per heavy atom. The van der Waals surface area contributed by atoms with Crippen molar-refractivity contribution in [3.05, 3.63) is 82.0 Å². The number of nitrogens with zero attached hydrogens (tertiary/aromatic N) is 4. The van der Waals surface area contributed by atoms with Gasteiger partial charge in [-0.25, -0.2) is 9.97 Å². The van der Waals surface area contributed by atoms with E-state index in [-0.39, 0.29) is 5.91 Å². The van der Waals surface area contributed by atoms with Crippen LogP contribution in [0.25, 0.3) is 5.69 Å². The quantitative estimate of drug-likeness (QED) is 0.348. The zero-order valence-electron chi connectivity index (χ0n) is 18.3. The summed E-state index contributed by atoms with van der Waals surface area (Å²) in [6.45, 7) is 0.